The van der Waals surface area contributed by atoms with Crippen molar-refractivity contribution in [2.24, 2.45) is 46.8 Å². The highest BCUT2D eigenvalue weighted by atomic mass is 79.9. The van der Waals surface area contributed by atoms with E-state index in [1.165, 1.54) is 58.5 Å². The van der Waals surface area contributed by atoms with E-state index >= 15 is 0 Å². The van der Waals surface area contributed by atoms with Crippen LogP contribution in [0.1, 0.15) is 77.6 Å². The molecule has 2 atom stereocenters. The maximum atomic E-state index is 13.8. The summed E-state index contributed by atoms with van der Waals surface area (Å²) in [4.78, 5) is 26.5. The predicted molar refractivity (Wildman–Crippen MR) is 129 cm³/mol. The van der Waals surface area contributed by atoms with Crippen molar-refractivity contribution in [3.63, 3.8) is 0 Å². The largest absolute Gasteiger partial charge is 0.468 e. The van der Waals surface area contributed by atoms with Crippen LogP contribution in [0.15, 0.2) is 0 Å². The zero-order chi connectivity index (χ0) is 22.5. The van der Waals surface area contributed by atoms with Gasteiger partial charge in [-0.2, -0.15) is 0 Å². The number of halogens is 2. The van der Waals surface area contributed by atoms with E-state index in [1.54, 1.807) is 0 Å². The summed E-state index contributed by atoms with van der Waals surface area (Å²) in [5.41, 5.74) is -0.644. The summed E-state index contributed by atoms with van der Waals surface area (Å²) in [6.07, 6.45) is 13.0. The lowest BCUT2D eigenvalue weighted by molar-refractivity contribution is -0.205. The third kappa shape index (κ3) is 3.02. The molecule has 0 aromatic rings. The fourth-order valence-electron chi connectivity index (χ4n) is 10.0. The maximum Gasteiger partial charge on any atom is 0.324 e. The van der Waals surface area contributed by atoms with Crippen molar-refractivity contribution in [2.45, 2.75) is 92.3 Å². The Balaban J connectivity index is 1.29. The molecule has 8 aliphatic carbocycles. The van der Waals surface area contributed by atoms with Crippen LogP contribution in [-0.4, -0.2) is 33.8 Å². The number of ether oxygens (including phenoxy) is 2. The van der Waals surface area contributed by atoms with Crippen LogP contribution in [0.25, 0.3) is 0 Å². The Bertz CT molecular complexity index is 761. The number of carbonyl (C=O) groups excluding carboxylic acids is 2. The van der Waals surface area contributed by atoms with Gasteiger partial charge in [0.05, 0.1) is 7.11 Å². The smallest absolute Gasteiger partial charge is 0.324 e. The minimum Gasteiger partial charge on any atom is -0.468 e. The van der Waals surface area contributed by atoms with Crippen molar-refractivity contribution in [3.8, 4) is 0 Å². The standard InChI is InChI=1S/C26H36Br2O4/c1-24(19-7-14-3-15(9-19)10-20(24)8-14)32-22(29)21(27)26(28,23(30)31-2)25-11-16-4-17(12-25)6-18(5-16)13-25/h14-21H,3-13H2,1-2H3. The molecule has 0 heterocycles. The van der Waals surface area contributed by atoms with Crippen LogP contribution in [0.2, 0.25) is 0 Å². The molecule has 0 aromatic carbocycles. The summed E-state index contributed by atoms with van der Waals surface area (Å²) in [6, 6.07) is 0. The SMILES string of the molecule is COC(=O)C(Br)(C(Br)C(=O)OC1(C)C2CC3CC(C2)CC1C3)C12CC3CC(CC(C3)C1)C2. The van der Waals surface area contributed by atoms with Crippen molar-refractivity contribution < 1.29 is 19.1 Å². The minimum absolute atomic E-state index is 0.243. The highest BCUT2D eigenvalue weighted by Crippen LogP contribution is 2.67. The maximum absolute atomic E-state index is 13.8. The van der Waals surface area contributed by atoms with E-state index in [0.717, 1.165) is 31.1 Å². The molecule has 8 fully saturated rings. The van der Waals surface area contributed by atoms with Crippen molar-refractivity contribution in [1.82, 2.24) is 0 Å². The van der Waals surface area contributed by atoms with Gasteiger partial charge in [0.2, 0.25) is 0 Å². The van der Waals surface area contributed by atoms with Gasteiger partial charge < -0.3 is 9.47 Å². The second-order valence-corrected chi connectivity index (χ2v) is 14.8. The molecule has 6 heteroatoms. The van der Waals surface area contributed by atoms with Gasteiger partial charge in [-0.1, -0.05) is 31.9 Å². The Morgan fingerprint density at radius 1 is 0.844 bits per heavy atom. The van der Waals surface area contributed by atoms with Crippen LogP contribution in [0.4, 0.5) is 0 Å². The van der Waals surface area contributed by atoms with E-state index in [0.29, 0.717) is 29.6 Å². The summed E-state index contributed by atoms with van der Waals surface area (Å²) in [6.45, 7) is 2.18. The Hall–Kier alpha value is -0.100. The van der Waals surface area contributed by atoms with Gasteiger partial charge in [-0.3, -0.25) is 9.59 Å². The molecular weight excluding hydrogens is 536 g/mol. The molecule has 0 N–H and O–H groups in total. The molecule has 0 spiro atoms. The Kier molecular flexibility index (Phi) is 5.21. The van der Waals surface area contributed by atoms with Gasteiger partial charge in [-0.15, -0.1) is 0 Å². The molecule has 8 bridgehead atoms. The zero-order valence-electron chi connectivity index (χ0n) is 19.3. The number of carbonyl (C=O) groups is 2. The topological polar surface area (TPSA) is 52.6 Å². The van der Waals surface area contributed by atoms with E-state index in [2.05, 4.69) is 38.8 Å². The van der Waals surface area contributed by atoms with E-state index in [-0.39, 0.29) is 17.4 Å². The number of alkyl halides is 2. The molecule has 8 aliphatic rings. The third-order valence-corrected chi connectivity index (χ3v) is 14.2. The van der Waals surface area contributed by atoms with Gasteiger partial charge in [-0.25, -0.2) is 0 Å². The zero-order valence-corrected chi connectivity index (χ0v) is 22.5. The Morgan fingerprint density at radius 2 is 1.28 bits per heavy atom. The normalized spacial score (nSPS) is 50.7. The number of methoxy groups -OCH3 is 1. The van der Waals surface area contributed by atoms with Crippen molar-refractivity contribution in [1.29, 1.82) is 0 Å². The van der Waals surface area contributed by atoms with E-state index in [9.17, 15) is 9.59 Å². The lowest BCUT2D eigenvalue weighted by Crippen LogP contribution is -2.65. The van der Waals surface area contributed by atoms with Crippen molar-refractivity contribution in [2.75, 3.05) is 7.11 Å². The van der Waals surface area contributed by atoms with Crippen LogP contribution >= 0.6 is 31.9 Å². The van der Waals surface area contributed by atoms with Gasteiger partial charge in [0.25, 0.3) is 0 Å². The molecule has 32 heavy (non-hydrogen) atoms. The quantitative estimate of drug-likeness (QED) is 0.298. The molecular formula is C26H36Br2O4. The van der Waals surface area contributed by atoms with Gasteiger partial charge >= 0.3 is 11.9 Å². The predicted octanol–water partition coefficient (Wildman–Crippen LogP) is 6.03. The van der Waals surface area contributed by atoms with Crippen LogP contribution in [0.5, 0.6) is 0 Å². The molecule has 0 saturated heterocycles. The second-order valence-electron chi connectivity index (χ2n) is 12.7. The summed E-state index contributed by atoms with van der Waals surface area (Å²) >= 11 is 7.63. The van der Waals surface area contributed by atoms with E-state index in [1.807, 2.05) is 0 Å². The average molecular weight is 572 g/mol. The molecule has 0 aromatic heterocycles. The van der Waals surface area contributed by atoms with Gasteiger partial charge in [0.1, 0.15) is 10.4 Å². The van der Waals surface area contributed by atoms with E-state index < -0.39 is 14.8 Å². The minimum atomic E-state index is -1.08. The first-order valence-corrected chi connectivity index (χ1v) is 14.5. The summed E-state index contributed by atoms with van der Waals surface area (Å²) in [7, 11) is 1.45. The van der Waals surface area contributed by atoms with E-state index in [4.69, 9.17) is 9.47 Å². The average Bonchev–Trinajstić information content (AvgIpc) is 2.74. The lowest BCUT2D eigenvalue weighted by Gasteiger charge is -2.62. The molecule has 0 amide bonds. The van der Waals surface area contributed by atoms with Gasteiger partial charge in [0, 0.05) is 0 Å². The highest BCUT2D eigenvalue weighted by Gasteiger charge is 2.68. The fourth-order valence-corrected chi connectivity index (χ4v) is 11.6. The first-order chi connectivity index (χ1) is 15.2. The molecule has 8 saturated carbocycles. The van der Waals surface area contributed by atoms with Crippen molar-refractivity contribution >= 4 is 43.8 Å². The Labute approximate surface area is 208 Å². The molecule has 0 radical (unpaired) electrons. The molecule has 8 rings (SSSR count). The molecule has 0 aliphatic heterocycles. The van der Waals surface area contributed by atoms with Crippen LogP contribution in [0.3, 0.4) is 0 Å². The Morgan fingerprint density at radius 3 is 1.72 bits per heavy atom. The third-order valence-electron chi connectivity index (χ3n) is 10.9. The molecule has 4 nitrogen and oxygen atoms in total. The first-order valence-electron chi connectivity index (χ1n) is 12.8. The number of hydrogen-bond donors (Lipinski definition) is 0. The van der Waals surface area contributed by atoms with Crippen molar-refractivity contribution in [3.05, 3.63) is 0 Å². The number of rotatable bonds is 5. The number of hydrogen-bond acceptors (Lipinski definition) is 4. The van der Waals surface area contributed by atoms with Crippen LogP contribution in [-0.2, 0) is 19.1 Å². The summed E-state index contributed by atoms with van der Waals surface area (Å²) in [5.74, 6) is 3.96. The fraction of sp³-hybridized carbons (Fsp3) is 0.923. The molecule has 178 valence electrons. The monoisotopic (exact) mass is 570 g/mol. The number of esters is 2. The lowest BCUT2D eigenvalue weighted by atomic mass is 9.46. The first kappa shape index (κ1) is 22.4. The molecule has 2 unspecified atom stereocenters. The summed E-state index contributed by atoms with van der Waals surface area (Å²) < 4.78 is 10.7. The van der Waals surface area contributed by atoms with Gasteiger partial charge in [0.15, 0.2) is 4.32 Å². The summed E-state index contributed by atoms with van der Waals surface area (Å²) in [5, 5.41) is 0. The van der Waals surface area contributed by atoms with Crippen LogP contribution < -0.4 is 0 Å². The van der Waals surface area contributed by atoms with Gasteiger partial charge in [-0.05, 0) is 124 Å². The second kappa shape index (κ2) is 7.45. The van der Waals surface area contributed by atoms with Crippen LogP contribution in [0, 0.1) is 46.8 Å². The highest BCUT2D eigenvalue weighted by molar-refractivity contribution is 9.13.